The van der Waals surface area contributed by atoms with E-state index < -0.39 is 9.84 Å². The van der Waals surface area contributed by atoms with E-state index in [1.54, 1.807) is 16.7 Å². The average molecular weight is 415 g/mol. The Hall–Kier alpha value is -2.27. The van der Waals surface area contributed by atoms with Gasteiger partial charge in [-0.15, -0.1) is 6.42 Å². The lowest BCUT2D eigenvalue weighted by molar-refractivity contribution is -0.117. The molecule has 1 unspecified atom stereocenters. The molecule has 0 aromatic heterocycles. The number of sulfone groups is 1. The van der Waals surface area contributed by atoms with Gasteiger partial charge >= 0.3 is 0 Å². The van der Waals surface area contributed by atoms with Gasteiger partial charge in [0.25, 0.3) is 0 Å². The van der Waals surface area contributed by atoms with Crippen LogP contribution < -0.4 is 5.32 Å². The molecule has 1 aliphatic rings. The zero-order valence-electron chi connectivity index (χ0n) is 15.4. The second kappa shape index (κ2) is 9.28. The number of terminal acetylenes is 1. The summed E-state index contributed by atoms with van der Waals surface area (Å²) in [7, 11) is -3.04. The maximum atomic E-state index is 12.6. The third-order valence-corrected chi connectivity index (χ3v) is 7.33. The highest BCUT2D eigenvalue weighted by atomic mass is 32.2. The van der Waals surface area contributed by atoms with E-state index in [9.17, 15) is 13.2 Å². The van der Waals surface area contributed by atoms with Crippen LogP contribution in [-0.2, 0) is 14.6 Å². The van der Waals surface area contributed by atoms with Gasteiger partial charge in [-0.3, -0.25) is 9.69 Å². The number of nitrogens with one attached hydrogen (secondary N) is 1. The highest BCUT2D eigenvalue weighted by Crippen LogP contribution is 2.33. The molecule has 0 spiro atoms. The molecule has 0 bridgehead atoms. The Kier molecular flexibility index (Phi) is 6.79. The summed E-state index contributed by atoms with van der Waals surface area (Å²) in [5.41, 5.74) is 0.723. The fourth-order valence-electron chi connectivity index (χ4n) is 3.14. The quantitative estimate of drug-likeness (QED) is 0.706. The smallest absolute Gasteiger partial charge is 0.238 e. The van der Waals surface area contributed by atoms with Crippen molar-refractivity contribution in [2.75, 3.05) is 29.9 Å². The Bertz CT molecular complexity index is 969. The Morgan fingerprint density at radius 3 is 2.57 bits per heavy atom. The number of hydrogen-bond acceptors (Lipinski definition) is 5. The molecule has 1 fully saturated rings. The van der Waals surface area contributed by atoms with E-state index in [0.717, 1.165) is 15.5 Å². The summed E-state index contributed by atoms with van der Waals surface area (Å²) >= 11 is 1.57. The summed E-state index contributed by atoms with van der Waals surface area (Å²) in [6.45, 7) is 0.308. The van der Waals surface area contributed by atoms with Gasteiger partial charge in [-0.1, -0.05) is 48.0 Å². The third-order valence-electron chi connectivity index (χ3n) is 4.50. The molecule has 0 aliphatic carbocycles. The summed E-state index contributed by atoms with van der Waals surface area (Å²) in [6, 6.07) is 17.3. The van der Waals surface area contributed by atoms with E-state index in [4.69, 9.17) is 6.42 Å². The number of para-hydroxylation sites is 1. The molecule has 7 heteroatoms. The van der Waals surface area contributed by atoms with Crippen molar-refractivity contribution in [1.82, 2.24) is 4.90 Å². The van der Waals surface area contributed by atoms with Crippen LogP contribution in [0.2, 0.25) is 0 Å². The fraction of sp³-hybridized carbons (Fsp3) is 0.286. The van der Waals surface area contributed by atoms with E-state index in [-0.39, 0.29) is 36.5 Å². The van der Waals surface area contributed by atoms with E-state index in [0.29, 0.717) is 6.42 Å². The predicted molar refractivity (Wildman–Crippen MR) is 113 cm³/mol. The van der Waals surface area contributed by atoms with Gasteiger partial charge in [0.15, 0.2) is 9.84 Å². The number of anilines is 1. The van der Waals surface area contributed by atoms with E-state index >= 15 is 0 Å². The van der Waals surface area contributed by atoms with E-state index in [2.05, 4.69) is 11.2 Å². The van der Waals surface area contributed by atoms with E-state index in [1.165, 1.54) is 0 Å². The van der Waals surface area contributed by atoms with Crippen LogP contribution in [0.1, 0.15) is 6.42 Å². The molecule has 1 amide bonds. The first kappa shape index (κ1) is 20.5. The van der Waals surface area contributed by atoms with Crippen molar-refractivity contribution in [2.45, 2.75) is 22.3 Å². The van der Waals surface area contributed by atoms with Crippen LogP contribution in [-0.4, -0.2) is 49.9 Å². The average Bonchev–Trinajstić information content (AvgIpc) is 3.04. The molecule has 0 saturated carbocycles. The van der Waals surface area contributed by atoms with Crippen molar-refractivity contribution in [1.29, 1.82) is 0 Å². The number of nitrogens with zero attached hydrogens (tertiary/aromatic N) is 1. The maximum absolute atomic E-state index is 12.6. The van der Waals surface area contributed by atoms with Crippen LogP contribution in [0.4, 0.5) is 5.69 Å². The Morgan fingerprint density at radius 2 is 1.89 bits per heavy atom. The maximum Gasteiger partial charge on any atom is 0.238 e. The van der Waals surface area contributed by atoms with Crippen molar-refractivity contribution in [3.63, 3.8) is 0 Å². The van der Waals surface area contributed by atoms with Crippen molar-refractivity contribution < 1.29 is 13.2 Å². The topological polar surface area (TPSA) is 66.5 Å². The normalized spacial score (nSPS) is 17.9. The zero-order chi connectivity index (χ0) is 20.0. The molecule has 0 radical (unpaired) electrons. The van der Waals surface area contributed by atoms with Gasteiger partial charge in [0.2, 0.25) is 5.91 Å². The predicted octanol–water partition coefficient (Wildman–Crippen LogP) is 2.90. The number of benzene rings is 2. The van der Waals surface area contributed by atoms with Gasteiger partial charge < -0.3 is 5.32 Å². The van der Waals surface area contributed by atoms with Gasteiger partial charge in [-0.2, -0.15) is 0 Å². The molecule has 5 nitrogen and oxygen atoms in total. The van der Waals surface area contributed by atoms with Crippen LogP contribution in [0.5, 0.6) is 0 Å². The van der Waals surface area contributed by atoms with Crippen molar-refractivity contribution in [3.05, 3.63) is 54.6 Å². The number of hydrogen-bond donors (Lipinski definition) is 1. The molecule has 146 valence electrons. The zero-order valence-corrected chi connectivity index (χ0v) is 17.0. The highest BCUT2D eigenvalue weighted by molar-refractivity contribution is 7.99. The minimum atomic E-state index is -3.04. The van der Waals surface area contributed by atoms with Gasteiger partial charge in [-0.05, 0) is 30.7 Å². The summed E-state index contributed by atoms with van der Waals surface area (Å²) < 4.78 is 23.5. The lowest BCUT2D eigenvalue weighted by Gasteiger charge is -2.25. The molecule has 2 aromatic carbocycles. The first-order chi connectivity index (χ1) is 13.5. The molecule has 3 rings (SSSR count). The molecular weight excluding hydrogens is 392 g/mol. The van der Waals surface area contributed by atoms with E-state index in [1.807, 2.05) is 54.6 Å². The molecule has 28 heavy (non-hydrogen) atoms. The largest absolute Gasteiger partial charge is 0.324 e. The first-order valence-corrected chi connectivity index (χ1v) is 11.6. The lowest BCUT2D eigenvalue weighted by Crippen LogP contribution is -2.41. The van der Waals surface area contributed by atoms with Crippen LogP contribution in [0.25, 0.3) is 0 Å². The second-order valence-electron chi connectivity index (χ2n) is 6.63. The van der Waals surface area contributed by atoms with Crippen LogP contribution in [0.15, 0.2) is 64.4 Å². The van der Waals surface area contributed by atoms with Gasteiger partial charge in [-0.25, -0.2) is 8.42 Å². The third kappa shape index (κ3) is 5.61. The molecule has 1 atom stereocenters. The van der Waals surface area contributed by atoms with Crippen LogP contribution in [0, 0.1) is 12.3 Å². The Morgan fingerprint density at radius 1 is 1.18 bits per heavy atom. The standard InChI is InChI=1S/C21H22N2O3S2/c1-2-13-23(17-12-14-28(25,26)16-17)15-21(24)22-19-10-6-7-11-20(19)27-18-8-4-3-5-9-18/h1,3-11,17H,12-16H2,(H,22,24). The molecule has 1 N–H and O–H groups in total. The van der Waals surface area contributed by atoms with Crippen molar-refractivity contribution in [2.24, 2.45) is 0 Å². The second-order valence-corrected chi connectivity index (χ2v) is 9.97. The summed E-state index contributed by atoms with van der Waals surface area (Å²) in [5, 5.41) is 2.94. The van der Waals surface area contributed by atoms with Gasteiger partial charge in [0.05, 0.1) is 30.3 Å². The minimum absolute atomic E-state index is 0.0579. The van der Waals surface area contributed by atoms with Gasteiger partial charge in [0.1, 0.15) is 0 Å². The number of amides is 1. The Balaban J connectivity index is 1.68. The molecular formula is C21H22N2O3S2. The number of carbonyl (C=O) groups is 1. The van der Waals surface area contributed by atoms with Gasteiger partial charge in [0, 0.05) is 15.8 Å². The fourth-order valence-corrected chi connectivity index (χ4v) is 5.83. The monoisotopic (exact) mass is 414 g/mol. The molecule has 1 aliphatic heterocycles. The minimum Gasteiger partial charge on any atom is -0.324 e. The van der Waals surface area contributed by atoms with Crippen LogP contribution >= 0.6 is 11.8 Å². The highest BCUT2D eigenvalue weighted by Gasteiger charge is 2.32. The SMILES string of the molecule is C#CCN(CC(=O)Nc1ccccc1Sc1ccccc1)C1CCS(=O)(=O)C1. The molecule has 1 heterocycles. The van der Waals surface area contributed by atoms with Crippen LogP contribution in [0.3, 0.4) is 0 Å². The molecule has 2 aromatic rings. The first-order valence-electron chi connectivity index (χ1n) is 8.96. The lowest BCUT2D eigenvalue weighted by atomic mass is 10.2. The summed E-state index contributed by atoms with van der Waals surface area (Å²) in [5.74, 6) is 2.53. The summed E-state index contributed by atoms with van der Waals surface area (Å²) in [6.07, 6.45) is 5.94. The summed E-state index contributed by atoms with van der Waals surface area (Å²) in [4.78, 5) is 16.4. The van der Waals surface area contributed by atoms with Crippen molar-refractivity contribution >= 4 is 33.2 Å². The molecule has 1 saturated heterocycles. The number of rotatable bonds is 7. The Labute approximate surface area is 170 Å². The number of carbonyl (C=O) groups excluding carboxylic acids is 1. The van der Waals surface area contributed by atoms with Crippen molar-refractivity contribution in [3.8, 4) is 12.3 Å².